The highest BCUT2D eigenvalue weighted by Crippen LogP contribution is 2.28. The molecule has 128 valence electrons. The number of hydrogen-bond donors (Lipinski definition) is 1. The Morgan fingerprint density at radius 3 is 2.57 bits per heavy atom. The zero-order chi connectivity index (χ0) is 17.1. The summed E-state index contributed by atoms with van der Waals surface area (Å²) in [6.45, 7) is 5.72. The van der Waals surface area contributed by atoms with Gasteiger partial charge in [-0.15, -0.1) is 0 Å². The first-order valence-electron chi connectivity index (χ1n) is 7.79. The third-order valence-electron chi connectivity index (χ3n) is 3.62. The monoisotopic (exact) mass is 326 g/mol. The van der Waals surface area contributed by atoms with Crippen LogP contribution in [0.3, 0.4) is 0 Å². The Morgan fingerprint density at radius 2 is 2.00 bits per heavy atom. The summed E-state index contributed by atoms with van der Waals surface area (Å²) in [6.07, 6.45) is -0.599. The summed E-state index contributed by atoms with van der Waals surface area (Å²) in [5.41, 5.74) is 0.301. The Hall–Kier alpha value is -1.69. The van der Waals surface area contributed by atoms with Gasteiger partial charge in [0.05, 0.1) is 12.6 Å². The van der Waals surface area contributed by atoms with Gasteiger partial charge in [0.25, 0.3) is 5.92 Å². The number of rotatable bonds is 3. The molecule has 0 spiro atoms. The van der Waals surface area contributed by atoms with Crippen molar-refractivity contribution in [1.29, 1.82) is 0 Å². The van der Waals surface area contributed by atoms with Gasteiger partial charge in [-0.1, -0.05) is 30.3 Å². The molecule has 1 aromatic carbocycles. The highest BCUT2D eigenvalue weighted by molar-refractivity contribution is 5.68. The number of likely N-dealkylation sites (tertiary alicyclic amines) is 1. The smallest absolute Gasteiger partial charge is 0.408 e. The van der Waals surface area contributed by atoms with E-state index in [9.17, 15) is 13.6 Å². The number of hydrogen-bond acceptors (Lipinski definition) is 3. The van der Waals surface area contributed by atoms with Crippen molar-refractivity contribution in [2.45, 2.75) is 51.3 Å². The fourth-order valence-electron chi connectivity index (χ4n) is 2.61. The van der Waals surface area contributed by atoms with Crippen molar-refractivity contribution in [3.63, 3.8) is 0 Å². The maximum absolute atomic E-state index is 14.3. The van der Waals surface area contributed by atoms with Gasteiger partial charge in [-0.3, -0.25) is 4.90 Å². The van der Waals surface area contributed by atoms with Gasteiger partial charge in [0.15, 0.2) is 0 Å². The number of piperidine rings is 1. The van der Waals surface area contributed by atoms with Crippen LogP contribution >= 0.6 is 0 Å². The molecule has 1 aromatic rings. The average molecular weight is 326 g/mol. The van der Waals surface area contributed by atoms with Crippen LogP contribution in [0, 0.1) is 0 Å². The lowest BCUT2D eigenvalue weighted by Crippen LogP contribution is -2.58. The molecule has 4 nitrogen and oxygen atoms in total. The Kier molecular flexibility index (Phi) is 5.24. The van der Waals surface area contributed by atoms with Crippen LogP contribution in [-0.4, -0.2) is 41.6 Å². The normalized spacial score (nSPS) is 21.7. The SMILES string of the molecule is CC(C)(C)OC(=O)N[C@H]1CCN(Cc2ccccc2)CC1(F)F. The first kappa shape index (κ1) is 17.7. The standard InChI is InChI=1S/C17H24F2N2O2/c1-16(2,3)23-15(22)20-14-9-10-21(12-17(14,18)19)11-13-7-5-4-6-8-13/h4-8,14H,9-12H2,1-3H3,(H,20,22)/t14-/m0/s1. The molecule has 0 saturated carbocycles. The Bertz CT molecular complexity index is 529. The molecule has 1 fully saturated rings. The minimum atomic E-state index is -2.98. The lowest BCUT2D eigenvalue weighted by Gasteiger charge is -2.38. The van der Waals surface area contributed by atoms with E-state index in [0.29, 0.717) is 13.1 Å². The van der Waals surface area contributed by atoms with E-state index in [0.717, 1.165) is 5.56 Å². The summed E-state index contributed by atoms with van der Waals surface area (Å²) < 4.78 is 33.7. The second-order valence-electron chi connectivity index (χ2n) is 6.94. The minimum Gasteiger partial charge on any atom is -0.444 e. The van der Waals surface area contributed by atoms with Crippen LogP contribution < -0.4 is 5.32 Å². The molecule has 1 N–H and O–H groups in total. The van der Waals surface area contributed by atoms with Crippen molar-refractivity contribution in [2.75, 3.05) is 13.1 Å². The number of ether oxygens (including phenoxy) is 1. The number of halogens is 2. The van der Waals surface area contributed by atoms with Crippen LogP contribution in [0.4, 0.5) is 13.6 Å². The summed E-state index contributed by atoms with van der Waals surface area (Å²) >= 11 is 0. The average Bonchev–Trinajstić information content (AvgIpc) is 2.40. The maximum Gasteiger partial charge on any atom is 0.408 e. The summed E-state index contributed by atoms with van der Waals surface area (Å²) in [7, 11) is 0. The lowest BCUT2D eigenvalue weighted by molar-refractivity contribution is -0.0924. The minimum absolute atomic E-state index is 0.194. The predicted molar refractivity (Wildman–Crippen MR) is 84.4 cm³/mol. The first-order valence-corrected chi connectivity index (χ1v) is 7.79. The van der Waals surface area contributed by atoms with Crippen molar-refractivity contribution < 1.29 is 18.3 Å². The van der Waals surface area contributed by atoms with Gasteiger partial charge < -0.3 is 10.1 Å². The van der Waals surface area contributed by atoms with Crippen molar-refractivity contribution in [3.8, 4) is 0 Å². The molecule has 1 heterocycles. The molecular weight excluding hydrogens is 302 g/mol. The summed E-state index contributed by atoms with van der Waals surface area (Å²) in [5.74, 6) is -2.98. The molecule has 0 radical (unpaired) electrons. The third-order valence-corrected chi connectivity index (χ3v) is 3.62. The predicted octanol–water partition coefficient (Wildman–Crippen LogP) is 3.42. The van der Waals surface area contributed by atoms with Crippen LogP contribution in [0.1, 0.15) is 32.8 Å². The largest absolute Gasteiger partial charge is 0.444 e. The molecular formula is C17H24F2N2O2. The Morgan fingerprint density at radius 1 is 1.35 bits per heavy atom. The maximum atomic E-state index is 14.3. The number of nitrogens with zero attached hydrogens (tertiary/aromatic N) is 1. The van der Waals surface area contributed by atoms with Gasteiger partial charge in [0.2, 0.25) is 0 Å². The summed E-state index contributed by atoms with van der Waals surface area (Å²) in [5, 5.41) is 2.31. The molecule has 6 heteroatoms. The van der Waals surface area contributed by atoms with Gasteiger partial charge >= 0.3 is 6.09 Å². The molecule has 1 saturated heterocycles. The highest BCUT2D eigenvalue weighted by atomic mass is 19.3. The number of alkyl halides is 2. The summed E-state index contributed by atoms with van der Waals surface area (Å²) in [4.78, 5) is 13.4. The lowest BCUT2D eigenvalue weighted by atomic mass is 10.0. The van der Waals surface area contributed by atoms with Crippen molar-refractivity contribution in [2.24, 2.45) is 0 Å². The molecule has 0 bridgehead atoms. The van der Waals surface area contributed by atoms with E-state index in [2.05, 4.69) is 5.32 Å². The number of alkyl carbamates (subject to hydrolysis) is 1. The molecule has 23 heavy (non-hydrogen) atoms. The molecule has 1 aliphatic rings. The van der Waals surface area contributed by atoms with Crippen molar-refractivity contribution in [3.05, 3.63) is 35.9 Å². The molecule has 0 unspecified atom stereocenters. The van der Waals surface area contributed by atoms with E-state index in [1.807, 2.05) is 30.3 Å². The molecule has 0 aromatic heterocycles. The Balaban J connectivity index is 1.91. The van der Waals surface area contributed by atoms with Crippen LogP contribution in [0.25, 0.3) is 0 Å². The molecule has 0 aliphatic carbocycles. The fraction of sp³-hybridized carbons (Fsp3) is 0.588. The third kappa shape index (κ3) is 5.46. The molecule has 1 aliphatic heterocycles. The van der Waals surface area contributed by atoms with Gasteiger partial charge in [0.1, 0.15) is 5.60 Å². The highest BCUT2D eigenvalue weighted by Gasteiger charge is 2.45. The van der Waals surface area contributed by atoms with E-state index >= 15 is 0 Å². The zero-order valence-electron chi connectivity index (χ0n) is 13.8. The van der Waals surface area contributed by atoms with Gasteiger partial charge in [-0.2, -0.15) is 0 Å². The summed E-state index contributed by atoms with van der Waals surface area (Å²) in [6, 6.07) is 8.33. The van der Waals surface area contributed by atoms with E-state index in [1.165, 1.54) is 0 Å². The second-order valence-corrected chi connectivity index (χ2v) is 6.94. The number of amides is 1. The van der Waals surface area contributed by atoms with Crippen LogP contribution in [0.2, 0.25) is 0 Å². The molecule has 1 amide bonds. The van der Waals surface area contributed by atoms with Crippen molar-refractivity contribution in [1.82, 2.24) is 10.2 Å². The van der Waals surface area contributed by atoms with Gasteiger partial charge in [-0.25, -0.2) is 13.6 Å². The fourth-order valence-corrected chi connectivity index (χ4v) is 2.61. The number of carbonyl (C=O) groups excluding carboxylic acids is 1. The van der Waals surface area contributed by atoms with Gasteiger partial charge in [-0.05, 0) is 32.8 Å². The van der Waals surface area contributed by atoms with Crippen LogP contribution in [0.15, 0.2) is 30.3 Å². The van der Waals surface area contributed by atoms with E-state index < -0.39 is 23.7 Å². The molecule has 1 atom stereocenters. The van der Waals surface area contributed by atoms with Crippen LogP contribution in [0.5, 0.6) is 0 Å². The second kappa shape index (κ2) is 6.83. The Labute approximate surface area is 135 Å². The quantitative estimate of drug-likeness (QED) is 0.925. The van der Waals surface area contributed by atoms with Gasteiger partial charge in [0, 0.05) is 13.1 Å². The topological polar surface area (TPSA) is 41.6 Å². The van der Waals surface area contributed by atoms with E-state index in [4.69, 9.17) is 4.74 Å². The van der Waals surface area contributed by atoms with E-state index in [1.54, 1.807) is 25.7 Å². The van der Waals surface area contributed by atoms with E-state index in [-0.39, 0.29) is 13.0 Å². The van der Waals surface area contributed by atoms with Crippen molar-refractivity contribution >= 4 is 6.09 Å². The zero-order valence-corrected chi connectivity index (χ0v) is 13.8. The first-order chi connectivity index (χ1) is 10.7. The van der Waals surface area contributed by atoms with Crippen LogP contribution in [-0.2, 0) is 11.3 Å². The number of carbonyl (C=O) groups is 1. The molecule has 2 rings (SSSR count). The number of benzene rings is 1. The number of nitrogens with one attached hydrogen (secondary N) is 1.